The van der Waals surface area contributed by atoms with E-state index in [4.69, 9.17) is 0 Å². The number of pyridine rings is 1. The van der Waals surface area contributed by atoms with Crippen LogP contribution in [0.15, 0.2) is 18.3 Å². The van der Waals surface area contributed by atoms with E-state index in [0.29, 0.717) is 11.8 Å². The summed E-state index contributed by atoms with van der Waals surface area (Å²) in [4.78, 5) is 4.24. The van der Waals surface area contributed by atoms with Crippen LogP contribution in [0.1, 0.15) is 43.5 Å². The number of aryl methyl sites for hydroxylation is 1. The van der Waals surface area contributed by atoms with E-state index in [1.165, 1.54) is 12.8 Å². The Morgan fingerprint density at radius 1 is 1.47 bits per heavy atom. The van der Waals surface area contributed by atoms with Crippen molar-refractivity contribution >= 4 is 0 Å². The Labute approximate surface area is 91.4 Å². The summed E-state index contributed by atoms with van der Waals surface area (Å²) in [7, 11) is 0. The highest BCUT2D eigenvalue weighted by Crippen LogP contribution is 2.40. The molecule has 1 N–H and O–H groups in total. The molecule has 3 unspecified atom stereocenters. The largest absolute Gasteiger partial charge is 0.388 e. The molecule has 0 amide bonds. The van der Waals surface area contributed by atoms with Gasteiger partial charge >= 0.3 is 0 Å². The summed E-state index contributed by atoms with van der Waals surface area (Å²) in [6.07, 6.45) is 5.11. The van der Waals surface area contributed by atoms with Crippen LogP contribution in [0.3, 0.4) is 0 Å². The second-order valence-corrected chi connectivity index (χ2v) is 4.69. The molecular weight excluding hydrogens is 186 g/mol. The van der Waals surface area contributed by atoms with E-state index in [1.54, 1.807) is 6.20 Å². The lowest BCUT2D eigenvalue weighted by atomic mass is 9.87. The van der Waals surface area contributed by atoms with Crippen LogP contribution in [0.25, 0.3) is 0 Å². The van der Waals surface area contributed by atoms with Gasteiger partial charge < -0.3 is 5.11 Å². The zero-order valence-electron chi connectivity index (χ0n) is 9.48. The predicted molar refractivity (Wildman–Crippen MR) is 60.4 cm³/mol. The normalized spacial score (nSPS) is 27.9. The van der Waals surface area contributed by atoms with Crippen LogP contribution < -0.4 is 0 Å². The topological polar surface area (TPSA) is 33.1 Å². The van der Waals surface area contributed by atoms with Crippen LogP contribution >= 0.6 is 0 Å². The number of nitrogens with zero attached hydrogens (tertiary/aromatic N) is 1. The van der Waals surface area contributed by atoms with Crippen molar-refractivity contribution in [1.82, 2.24) is 4.98 Å². The molecule has 1 heterocycles. The fourth-order valence-corrected chi connectivity index (χ4v) is 2.68. The van der Waals surface area contributed by atoms with Gasteiger partial charge in [-0.2, -0.15) is 0 Å². The molecular formula is C13H19NO. The molecule has 0 bridgehead atoms. The van der Waals surface area contributed by atoms with Gasteiger partial charge in [-0.3, -0.25) is 4.98 Å². The highest BCUT2D eigenvalue weighted by molar-refractivity contribution is 5.22. The van der Waals surface area contributed by atoms with Gasteiger partial charge in [-0.15, -0.1) is 0 Å². The van der Waals surface area contributed by atoms with E-state index in [1.807, 2.05) is 19.1 Å². The number of aliphatic hydroxyl groups excluding tert-OH is 1. The maximum absolute atomic E-state index is 10.3. The van der Waals surface area contributed by atoms with Crippen LogP contribution in [-0.2, 0) is 0 Å². The number of aliphatic hydroxyl groups is 1. The first kappa shape index (κ1) is 10.6. The summed E-state index contributed by atoms with van der Waals surface area (Å²) in [6.45, 7) is 4.21. The summed E-state index contributed by atoms with van der Waals surface area (Å²) in [6, 6.07) is 3.91. The van der Waals surface area contributed by atoms with E-state index >= 15 is 0 Å². The van der Waals surface area contributed by atoms with E-state index in [2.05, 4.69) is 11.9 Å². The van der Waals surface area contributed by atoms with Crippen molar-refractivity contribution in [3.05, 3.63) is 29.6 Å². The van der Waals surface area contributed by atoms with Crippen molar-refractivity contribution in [3.63, 3.8) is 0 Å². The molecule has 0 radical (unpaired) electrons. The molecule has 1 aromatic rings. The molecule has 0 aliphatic heterocycles. The molecule has 15 heavy (non-hydrogen) atoms. The number of hydrogen-bond acceptors (Lipinski definition) is 2. The zero-order valence-corrected chi connectivity index (χ0v) is 9.48. The summed E-state index contributed by atoms with van der Waals surface area (Å²) in [5.41, 5.74) is 1.97. The monoisotopic (exact) mass is 205 g/mol. The molecule has 3 atom stereocenters. The minimum absolute atomic E-state index is 0.323. The van der Waals surface area contributed by atoms with E-state index < -0.39 is 0 Å². The second kappa shape index (κ2) is 4.31. The van der Waals surface area contributed by atoms with Crippen molar-refractivity contribution in [1.29, 1.82) is 0 Å². The van der Waals surface area contributed by atoms with Crippen molar-refractivity contribution in [2.24, 2.45) is 11.8 Å². The molecule has 2 rings (SSSR count). The van der Waals surface area contributed by atoms with E-state index in [0.717, 1.165) is 17.7 Å². The first-order valence-electron chi connectivity index (χ1n) is 5.79. The van der Waals surface area contributed by atoms with Crippen molar-refractivity contribution in [2.45, 2.75) is 39.2 Å². The molecule has 1 aromatic heterocycles. The van der Waals surface area contributed by atoms with Crippen molar-refractivity contribution < 1.29 is 5.11 Å². The summed E-state index contributed by atoms with van der Waals surface area (Å²) < 4.78 is 0. The molecule has 1 aliphatic rings. The fourth-order valence-electron chi connectivity index (χ4n) is 2.68. The van der Waals surface area contributed by atoms with Gasteiger partial charge in [-0.05, 0) is 31.2 Å². The smallest absolute Gasteiger partial charge is 0.0838 e. The first-order chi connectivity index (χ1) is 7.20. The van der Waals surface area contributed by atoms with Gasteiger partial charge in [0, 0.05) is 17.5 Å². The summed E-state index contributed by atoms with van der Waals surface area (Å²) >= 11 is 0. The standard InChI is InChI=1S/C13H19NO/c1-9-5-3-6-11(9)13(15)12-7-4-8-14-10(12)2/h4,7-9,11,13,15H,3,5-6H2,1-2H3. The fraction of sp³-hybridized carbons (Fsp3) is 0.615. The number of rotatable bonds is 2. The van der Waals surface area contributed by atoms with Gasteiger partial charge in [-0.25, -0.2) is 0 Å². The Bertz CT molecular complexity index is 337. The van der Waals surface area contributed by atoms with Gasteiger partial charge in [0.2, 0.25) is 0 Å². The van der Waals surface area contributed by atoms with Gasteiger partial charge in [0.15, 0.2) is 0 Å². The Morgan fingerprint density at radius 3 is 2.87 bits per heavy atom. The van der Waals surface area contributed by atoms with Gasteiger partial charge in [-0.1, -0.05) is 25.8 Å². The summed E-state index contributed by atoms with van der Waals surface area (Å²) in [5, 5.41) is 10.3. The zero-order chi connectivity index (χ0) is 10.8. The Kier molecular flexibility index (Phi) is 3.06. The van der Waals surface area contributed by atoms with E-state index in [9.17, 15) is 5.11 Å². The second-order valence-electron chi connectivity index (χ2n) is 4.69. The van der Waals surface area contributed by atoms with Gasteiger partial charge in [0.25, 0.3) is 0 Å². The Hall–Kier alpha value is -0.890. The third-order valence-corrected chi connectivity index (χ3v) is 3.70. The molecule has 1 aliphatic carbocycles. The average molecular weight is 205 g/mol. The van der Waals surface area contributed by atoms with Crippen LogP contribution in [0.5, 0.6) is 0 Å². The van der Waals surface area contributed by atoms with Crippen LogP contribution in [0.2, 0.25) is 0 Å². The number of hydrogen-bond donors (Lipinski definition) is 1. The minimum atomic E-state index is -0.323. The third-order valence-electron chi connectivity index (χ3n) is 3.70. The lowest BCUT2D eigenvalue weighted by Gasteiger charge is -2.23. The van der Waals surface area contributed by atoms with Gasteiger partial charge in [0.05, 0.1) is 6.10 Å². The van der Waals surface area contributed by atoms with Crippen LogP contribution in [0.4, 0.5) is 0 Å². The maximum Gasteiger partial charge on any atom is 0.0838 e. The first-order valence-corrected chi connectivity index (χ1v) is 5.79. The maximum atomic E-state index is 10.3. The van der Waals surface area contributed by atoms with E-state index in [-0.39, 0.29) is 6.10 Å². The van der Waals surface area contributed by atoms with Crippen LogP contribution in [0, 0.1) is 18.8 Å². The van der Waals surface area contributed by atoms with Gasteiger partial charge in [0.1, 0.15) is 0 Å². The highest BCUT2D eigenvalue weighted by Gasteiger charge is 2.31. The number of aromatic nitrogens is 1. The highest BCUT2D eigenvalue weighted by atomic mass is 16.3. The molecule has 0 spiro atoms. The molecule has 0 saturated heterocycles. The molecule has 1 fully saturated rings. The lowest BCUT2D eigenvalue weighted by molar-refractivity contribution is 0.0891. The van der Waals surface area contributed by atoms with Crippen LogP contribution in [-0.4, -0.2) is 10.1 Å². The SMILES string of the molecule is Cc1ncccc1C(O)C1CCCC1C. The van der Waals surface area contributed by atoms with Crippen molar-refractivity contribution in [2.75, 3.05) is 0 Å². The average Bonchev–Trinajstić information content (AvgIpc) is 2.64. The quantitative estimate of drug-likeness (QED) is 0.805. The molecule has 2 nitrogen and oxygen atoms in total. The minimum Gasteiger partial charge on any atom is -0.388 e. The predicted octanol–water partition coefficient (Wildman–Crippen LogP) is 2.86. The molecule has 82 valence electrons. The Balaban J connectivity index is 2.20. The molecule has 0 aromatic carbocycles. The molecule has 1 saturated carbocycles. The Morgan fingerprint density at radius 2 is 2.27 bits per heavy atom. The molecule has 2 heteroatoms. The summed E-state index contributed by atoms with van der Waals surface area (Å²) in [5.74, 6) is 1.06. The lowest BCUT2D eigenvalue weighted by Crippen LogP contribution is -2.16. The van der Waals surface area contributed by atoms with Crippen molar-refractivity contribution in [3.8, 4) is 0 Å². The third kappa shape index (κ3) is 2.05.